The van der Waals surface area contributed by atoms with Crippen LogP contribution in [0.25, 0.3) is 0 Å². The van der Waals surface area contributed by atoms with Crippen molar-refractivity contribution in [2.24, 2.45) is 17.3 Å². The molecule has 10 nitrogen and oxygen atoms in total. The minimum absolute atomic E-state index is 0.0650. The van der Waals surface area contributed by atoms with Crippen molar-refractivity contribution in [3.05, 3.63) is 50.7 Å². The van der Waals surface area contributed by atoms with Crippen LogP contribution in [-0.4, -0.2) is 34.7 Å². The van der Waals surface area contributed by atoms with E-state index in [2.05, 4.69) is 20.4 Å². The lowest BCUT2D eigenvalue weighted by atomic mass is 9.46. The molecule has 4 aliphatic carbocycles. The number of hydrogen-bond acceptors (Lipinski definition) is 7. The summed E-state index contributed by atoms with van der Waals surface area (Å²) in [4.78, 5) is 10.9. The Morgan fingerprint density at radius 2 is 1.94 bits per heavy atom. The number of nitrogens with zero attached hydrogens (tertiary/aromatic N) is 7. The summed E-state index contributed by atoms with van der Waals surface area (Å²) in [5.74, 6) is 2.52. The van der Waals surface area contributed by atoms with Gasteiger partial charge in [-0.3, -0.25) is 19.5 Å². The van der Waals surface area contributed by atoms with E-state index < -0.39 is 0 Å². The Morgan fingerprint density at radius 3 is 2.59 bits per heavy atom. The van der Waals surface area contributed by atoms with Crippen LogP contribution in [-0.2, 0) is 24.9 Å². The van der Waals surface area contributed by atoms with Gasteiger partial charge in [-0.15, -0.1) is 10.2 Å². The monoisotopic (exact) mass is 485 g/mol. The molecule has 0 N–H and O–H groups in total. The Morgan fingerprint density at radius 1 is 1.21 bits per heavy atom. The first-order valence-electron chi connectivity index (χ1n) is 11.9. The molecule has 3 aromatic rings. The highest BCUT2D eigenvalue weighted by Crippen LogP contribution is 2.65. The van der Waals surface area contributed by atoms with Crippen LogP contribution in [0.4, 0.5) is 5.69 Å². The second-order valence-corrected chi connectivity index (χ2v) is 11.2. The summed E-state index contributed by atoms with van der Waals surface area (Å²) < 4.78 is 9.87. The first-order valence-corrected chi connectivity index (χ1v) is 12.3. The van der Waals surface area contributed by atoms with Gasteiger partial charge >= 0.3 is 5.69 Å². The first-order chi connectivity index (χ1) is 16.2. The molecule has 4 bridgehead atoms. The second kappa shape index (κ2) is 7.63. The van der Waals surface area contributed by atoms with Crippen LogP contribution >= 0.6 is 11.6 Å². The van der Waals surface area contributed by atoms with Crippen LogP contribution in [0.5, 0.6) is 0 Å². The van der Waals surface area contributed by atoms with E-state index in [0.29, 0.717) is 41.6 Å². The molecule has 0 radical (unpaired) electrons. The average Bonchev–Trinajstić information content (AvgIpc) is 3.49. The molecule has 0 saturated heterocycles. The molecule has 2 unspecified atom stereocenters. The topological polar surface area (TPSA) is 118 Å². The molecule has 0 aromatic carbocycles. The third-order valence-corrected chi connectivity index (χ3v) is 8.83. The highest BCUT2D eigenvalue weighted by atomic mass is 35.5. The fourth-order valence-electron chi connectivity index (χ4n) is 7.42. The molecule has 180 valence electrons. The SMILES string of the molecule is Cc1nn(CCc2nnc(CC34CC5CC(C3)CC(n3cc([N+](=O)[O-])cn3)(C5)C4)o2)c(C)c1Cl. The maximum atomic E-state index is 11.2. The zero-order valence-electron chi connectivity index (χ0n) is 19.4. The Bertz CT molecular complexity index is 1250. The molecule has 3 heterocycles. The van der Waals surface area contributed by atoms with E-state index in [9.17, 15) is 10.1 Å². The number of aryl methyl sites for hydroxylation is 3. The number of aromatic nitrogens is 6. The molecular weight excluding hydrogens is 458 g/mol. The van der Waals surface area contributed by atoms with Gasteiger partial charge in [0.1, 0.15) is 12.4 Å². The molecule has 4 saturated carbocycles. The molecule has 34 heavy (non-hydrogen) atoms. The van der Waals surface area contributed by atoms with Crippen molar-refractivity contribution in [3.63, 3.8) is 0 Å². The largest absolute Gasteiger partial charge is 0.425 e. The predicted molar refractivity (Wildman–Crippen MR) is 122 cm³/mol. The van der Waals surface area contributed by atoms with Gasteiger partial charge in [-0.25, -0.2) is 0 Å². The highest BCUT2D eigenvalue weighted by Gasteiger charge is 2.59. The van der Waals surface area contributed by atoms with Crippen LogP contribution in [0.1, 0.15) is 61.7 Å². The molecule has 0 spiro atoms. The van der Waals surface area contributed by atoms with Gasteiger partial charge in [0.15, 0.2) is 0 Å². The van der Waals surface area contributed by atoms with Crippen LogP contribution in [0.15, 0.2) is 16.8 Å². The smallest absolute Gasteiger partial charge is 0.307 e. The maximum Gasteiger partial charge on any atom is 0.307 e. The summed E-state index contributed by atoms with van der Waals surface area (Å²) in [6, 6.07) is 0. The number of halogens is 1. The lowest BCUT2D eigenvalue weighted by Crippen LogP contribution is -2.57. The van der Waals surface area contributed by atoms with Crippen molar-refractivity contribution in [1.29, 1.82) is 0 Å². The fourth-order valence-corrected chi connectivity index (χ4v) is 7.56. The summed E-state index contributed by atoms with van der Waals surface area (Å²) in [6.07, 6.45) is 10.9. The molecular formula is C23H28ClN7O3. The third-order valence-electron chi connectivity index (χ3n) is 8.28. The van der Waals surface area contributed by atoms with E-state index in [4.69, 9.17) is 16.0 Å². The normalized spacial score (nSPS) is 29.7. The first kappa shape index (κ1) is 21.8. The van der Waals surface area contributed by atoms with Crippen LogP contribution in [0, 0.1) is 41.2 Å². The molecule has 0 aliphatic heterocycles. The summed E-state index contributed by atoms with van der Waals surface area (Å²) >= 11 is 6.25. The van der Waals surface area contributed by atoms with Crippen LogP contribution < -0.4 is 0 Å². The van der Waals surface area contributed by atoms with E-state index in [-0.39, 0.29) is 21.6 Å². The minimum atomic E-state index is -0.361. The Hall–Kier alpha value is -2.75. The van der Waals surface area contributed by atoms with E-state index in [0.717, 1.165) is 49.9 Å². The van der Waals surface area contributed by atoms with E-state index in [1.807, 2.05) is 23.2 Å². The Labute approximate surface area is 201 Å². The third kappa shape index (κ3) is 3.54. The molecule has 4 fully saturated rings. The van der Waals surface area contributed by atoms with Crippen LogP contribution in [0.2, 0.25) is 5.02 Å². The van der Waals surface area contributed by atoms with E-state index >= 15 is 0 Å². The molecule has 0 amide bonds. The Kier molecular flexibility index (Phi) is 4.88. The molecule has 3 aromatic heterocycles. The molecule has 11 heteroatoms. The summed E-state index contributed by atoms with van der Waals surface area (Å²) in [6.45, 7) is 4.49. The summed E-state index contributed by atoms with van der Waals surface area (Å²) in [7, 11) is 0. The second-order valence-electron chi connectivity index (χ2n) is 10.8. The molecule has 7 rings (SSSR count). The average molecular weight is 486 g/mol. The fraction of sp³-hybridized carbons (Fsp3) is 0.652. The van der Waals surface area contributed by atoms with Crippen molar-refractivity contribution < 1.29 is 9.34 Å². The van der Waals surface area contributed by atoms with Gasteiger partial charge in [-0.2, -0.15) is 10.2 Å². The highest BCUT2D eigenvalue weighted by molar-refractivity contribution is 6.31. The lowest BCUT2D eigenvalue weighted by molar-refractivity contribution is -0.385. The van der Waals surface area contributed by atoms with Gasteiger partial charge < -0.3 is 4.42 Å². The zero-order chi connectivity index (χ0) is 23.7. The zero-order valence-corrected chi connectivity index (χ0v) is 20.2. The van der Waals surface area contributed by atoms with E-state index in [1.165, 1.54) is 12.6 Å². The number of rotatable bonds is 7. The van der Waals surface area contributed by atoms with Crippen molar-refractivity contribution in [2.45, 2.75) is 77.3 Å². The van der Waals surface area contributed by atoms with E-state index in [1.54, 1.807) is 6.20 Å². The maximum absolute atomic E-state index is 11.2. The van der Waals surface area contributed by atoms with Crippen molar-refractivity contribution >= 4 is 17.3 Å². The lowest BCUT2D eigenvalue weighted by Gasteiger charge is -2.61. The predicted octanol–water partition coefficient (Wildman–Crippen LogP) is 4.42. The number of hydrogen-bond donors (Lipinski definition) is 0. The summed E-state index contributed by atoms with van der Waals surface area (Å²) in [5, 5.41) is 29.5. The quantitative estimate of drug-likeness (QED) is 0.359. The van der Waals surface area contributed by atoms with Crippen molar-refractivity contribution in [3.8, 4) is 0 Å². The Balaban J connectivity index is 1.19. The van der Waals surface area contributed by atoms with Gasteiger partial charge in [-0.05, 0) is 69.6 Å². The molecule has 2 atom stereocenters. The standard InChI is InChI=1S/C23H28ClN7O3/c1-14-21(24)15(2)29(28-14)4-3-19-26-27-20(34-19)10-22-6-16-5-17(7-22)9-23(8-16,13-22)30-12-18(11-25-30)31(32)33/h11-12,16-17H,3-10,13H2,1-2H3. The number of nitro groups is 1. The van der Waals surface area contributed by atoms with Gasteiger partial charge in [0, 0.05) is 19.4 Å². The van der Waals surface area contributed by atoms with Gasteiger partial charge in [0.25, 0.3) is 0 Å². The summed E-state index contributed by atoms with van der Waals surface area (Å²) in [5.41, 5.74) is 1.77. The van der Waals surface area contributed by atoms with Crippen molar-refractivity contribution in [1.82, 2.24) is 29.8 Å². The van der Waals surface area contributed by atoms with Gasteiger partial charge in [0.05, 0.1) is 26.9 Å². The molecule has 4 aliphatic rings. The van der Waals surface area contributed by atoms with Gasteiger partial charge in [-0.1, -0.05) is 11.6 Å². The van der Waals surface area contributed by atoms with Crippen molar-refractivity contribution in [2.75, 3.05) is 0 Å². The van der Waals surface area contributed by atoms with Crippen LogP contribution in [0.3, 0.4) is 0 Å². The van der Waals surface area contributed by atoms with Gasteiger partial charge in [0.2, 0.25) is 11.8 Å². The minimum Gasteiger partial charge on any atom is -0.425 e.